The van der Waals surface area contributed by atoms with Crippen molar-refractivity contribution in [3.8, 4) is 17.2 Å². The zero-order valence-electron chi connectivity index (χ0n) is 25.0. The summed E-state index contributed by atoms with van der Waals surface area (Å²) in [5.74, 6) is 0.355. The van der Waals surface area contributed by atoms with E-state index in [-0.39, 0.29) is 25.4 Å². The highest BCUT2D eigenvalue weighted by Crippen LogP contribution is 2.37. The molecule has 2 heterocycles. The standard InChI is InChI=1S/C32H36N2O8S/c1-6-12-22-28(31(37)41-9-4)29(21-13-10-11-14-23(21)38-5)34-30(36)26(43-32(34)33-22)18-20-15-16-24(25(17-20)39-7-2)42-19-27(35)40-8-3/h10-11,13-18,29H,6-9,12,19H2,1-5H3/b26-18-/t29-/m1/s1. The summed E-state index contributed by atoms with van der Waals surface area (Å²) in [5.41, 5.74) is 1.95. The smallest absolute Gasteiger partial charge is 0.344 e. The first-order chi connectivity index (χ1) is 20.9. The van der Waals surface area contributed by atoms with Gasteiger partial charge in [-0.1, -0.05) is 48.9 Å². The van der Waals surface area contributed by atoms with Crippen molar-refractivity contribution in [3.05, 3.63) is 84.5 Å². The van der Waals surface area contributed by atoms with Gasteiger partial charge in [-0.3, -0.25) is 9.36 Å². The number of carbonyl (C=O) groups is 2. The van der Waals surface area contributed by atoms with Crippen LogP contribution in [0.1, 0.15) is 57.7 Å². The largest absolute Gasteiger partial charge is 0.496 e. The Morgan fingerprint density at radius 3 is 2.42 bits per heavy atom. The second-order valence-electron chi connectivity index (χ2n) is 9.39. The van der Waals surface area contributed by atoms with Gasteiger partial charge in [-0.2, -0.15) is 0 Å². The van der Waals surface area contributed by atoms with Gasteiger partial charge >= 0.3 is 11.9 Å². The molecule has 228 valence electrons. The molecule has 0 N–H and O–H groups in total. The summed E-state index contributed by atoms with van der Waals surface area (Å²) in [4.78, 5) is 44.5. The average Bonchev–Trinajstić information content (AvgIpc) is 3.30. The number of aromatic nitrogens is 1. The summed E-state index contributed by atoms with van der Waals surface area (Å²) in [6, 6.07) is 11.7. The van der Waals surface area contributed by atoms with E-state index in [1.807, 2.05) is 32.0 Å². The van der Waals surface area contributed by atoms with Crippen molar-refractivity contribution in [2.75, 3.05) is 33.5 Å². The van der Waals surface area contributed by atoms with E-state index in [0.717, 1.165) is 6.42 Å². The lowest BCUT2D eigenvalue weighted by Gasteiger charge is -2.26. The molecule has 11 heteroatoms. The quantitative estimate of drug-likeness (QED) is 0.268. The van der Waals surface area contributed by atoms with Gasteiger partial charge in [0.2, 0.25) is 0 Å². The van der Waals surface area contributed by atoms with Crippen LogP contribution in [-0.4, -0.2) is 50.0 Å². The second-order valence-corrected chi connectivity index (χ2v) is 10.4. The van der Waals surface area contributed by atoms with Crippen LogP contribution >= 0.6 is 11.3 Å². The normalized spacial score (nSPS) is 14.5. The van der Waals surface area contributed by atoms with Gasteiger partial charge in [-0.05, 0) is 57.0 Å². The fraction of sp³-hybridized carbons (Fsp3) is 0.375. The molecule has 0 saturated carbocycles. The number of carbonyl (C=O) groups excluding carboxylic acids is 2. The molecule has 0 fully saturated rings. The van der Waals surface area contributed by atoms with Crippen LogP contribution in [0, 0.1) is 0 Å². The van der Waals surface area contributed by atoms with E-state index < -0.39 is 18.0 Å². The molecule has 2 aromatic carbocycles. The average molecular weight is 609 g/mol. The number of thiazole rings is 1. The van der Waals surface area contributed by atoms with Gasteiger partial charge in [0.25, 0.3) is 5.56 Å². The minimum absolute atomic E-state index is 0.187. The highest BCUT2D eigenvalue weighted by atomic mass is 32.1. The van der Waals surface area contributed by atoms with Crippen molar-refractivity contribution < 1.29 is 33.3 Å². The Kier molecular flexibility index (Phi) is 10.8. The van der Waals surface area contributed by atoms with Gasteiger partial charge in [-0.25, -0.2) is 14.6 Å². The monoisotopic (exact) mass is 608 g/mol. The number of ether oxygens (including phenoxy) is 5. The first kappa shape index (κ1) is 31.6. The summed E-state index contributed by atoms with van der Waals surface area (Å²) in [5, 5.41) is 0. The van der Waals surface area contributed by atoms with E-state index >= 15 is 0 Å². The minimum Gasteiger partial charge on any atom is -0.496 e. The fourth-order valence-corrected chi connectivity index (χ4v) is 5.82. The Labute approximate surface area is 253 Å². The number of esters is 2. The predicted octanol–water partition coefficient (Wildman–Crippen LogP) is 3.93. The molecule has 1 atom stereocenters. The molecule has 43 heavy (non-hydrogen) atoms. The van der Waals surface area contributed by atoms with Gasteiger partial charge in [0.15, 0.2) is 22.9 Å². The number of fused-ring (bicyclic) bond motifs is 1. The van der Waals surface area contributed by atoms with Crippen LogP contribution in [-0.2, 0) is 19.1 Å². The molecule has 0 aliphatic carbocycles. The number of para-hydroxylation sites is 1. The third-order valence-electron chi connectivity index (χ3n) is 6.54. The van der Waals surface area contributed by atoms with E-state index in [1.54, 1.807) is 55.9 Å². The van der Waals surface area contributed by atoms with Crippen LogP contribution in [0.15, 0.2) is 63.5 Å². The van der Waals surface area contributed by atoms with Crippen molar-refractivity contribution in [1.29, 1.82) is 0 Å². The molecule has 3 aromatic rings. The van der Waals surface area contributed by atoms with Crippen LogP contribution < -0.4 is 29.1 Å². The van der Waals surface area contributed by atoms with Crippen LogP contribution in [0.4, 0.5) is 0 Å². The molecule has 0 unspecified atom stereocenters. The van der Waals surface area contributed by atoms with Crippen molar-refractivity contribution in [2.45, 2.75) is 46.6 Å². The maximum absolute atomic E-state index is 14.1. The predicted molar refractivity (Wildman–Crippen MR) is 162 cm³/mol. The van der Waals surface area contributed by atoms with E-state index in [1.165, 1.54) is 11.3 Å². The molecular weight excluding hydrogens is 572 g/mol. The number of hydrogen-bond donors (Lipinski definition) is 0. The molecule has 1 aromatic heterocycles. The number of allylic oxidation sites excluding steroid dienone is 1. The summed E-state index contributed by atoms with van der Waals surface area (Å²) < 4.78 is 29.4. The van der Waals surface area contributed by atoms with Crippen LogP contribution in [0.3, 0.4) is 0 Å². The Morgan fingerprint density at radius 1 is 0.953 bits per heavy atom. The molecule has 10 nitrogen and oxygen atoms in total. The van der Waals surface area contributed by atoms with E-state index in [0.29, 0.717) is 62.0 Å². The summed E-state index contributed by atoms with van der Waals surface area (Å²) in [7, 11) is 1.55. The van der Waals surface area contributed by atoms with Gasteiger partial charge in [-0.15, -0.1) is 0 Å². The molecule has 1 aliphatic rings. The Bertz CT molecular complexity index is 1690. The molecule has 0 radical (unpaired) electrons. The maximum Gasteiger partial charge on any atom is 0.344 e. The number of nitrogens with zero attached hydrogens (tertiary/aromatic N) is 2. The zero-order valence-corrected chi connectivity index (χ0v) is 25.8. The first-order valence-corrected chi connectivity index (χ1v) is 15.1. The number of rotatable bonds is 13. The van der Waals surface area contributed by atoms with E-state index in [2.05, 4.69) is 0 Å². The highest BCUT2D eigenvalue weighted by molar-refractivity contribution is 7.07. The van der Waals surface area contributed by atoms with Crippen LogP contribution in [0.25, 0.3) is 6.08 Å². The van der Waals surface area contributed by atoms with Gasteiger partial charge in [0, 0.05) is 5.56 Å². The van der Waals surface area contributed by atoms with Gasteiger partial charge in [0.1, 0.15) is 11.8 Å². The molecule has 0 spiro atoms. The van der Waals surface area contributed by atoms with Crippen molar-refractivity contribution in [3.63, 3.8) is 0 Å². The molecule has 0 saturated heterocycles. The lowest BCUT2D eigenvalue weighted by Crippen LogP contribution is -2.40. The SMILES string of the molecule is CCCC1=C(C(=O)OCC)[C@@H](c2ccccc2OC)n2c(s/c(=C\c3ccc(OCC(=O)OCC)c(OCC)c3)c2=O)=N1. The lowest BCUT2D eigenvalue weighted by atomic mass is 9.93. The molecule has 1 aliphatic heterocycles. The maximum atomic E-state index is 14.1. The molecule has 0 bridgehead atoms. The first-order valence-electron chi connectivity index (χ1n) is 14.3. The summed E-state index contributed by atoms with van der Waals surface area (Å²) >= 11 is 1.24. The number of hydrogen-bond acceptors (Lipinski definition) is 10. The second kappa shape index (κ2) is 14.7. The summed E-state index contributed by atoms with van der Waals surface area (Å²) in [6.07, 6.45) is 3.03. The lowest BCUT2D eigenvalue weighted by molar-refractivity contribution is -0.145. The zero-order chi connectivity index (χ0) is 30.9. The minimum atomic E-state index is -0.784. The Balaban J connectivity index is 1.87. The van der Waals surface area contributed by atoms with Crippen molar-refractivity contribution >= 4 is 29.4 Å². The molecule has 4 rings (SSSR count). The van der Waals surface area contributed by atoms with Gasteiger partial charge in [0.05, 0.1) is 42.7 Å². The summed E-state index contributed by atoms with van der Waals surface area (Å²) in [6.45, 7) is 7.89. The Morgan fingerprint density at radius 2 is 1.72 bits per heavy atom. The topological polar surface area (TPSA) is 115 Å². The van der Waals surface area contributed by atoms with Crippen molar-refractivity contribution in [2.24, 2.45) is 4.99 Å². The van der Waals surface area contributed by atoms with Crippen LogP contribution in [0.5, 0.6) is 17.2 Å². The third-order valence-corrected chi connectivity index (χ3v) is 7.52. The highest BCUT2D eigenvalue weighted by Gasteiger charge is 2.35. The Hall–Kier alpha value is -4.38. The van der Waals surface area contributed by atoms with E-state index in [4.69, 9.17) is 28.7 Å². The van der Waals surface area contributed by atoms with Crippen molar-refractivity contribution in [1.82, 2.24) is 4.57 Å². The van der Waals surface area contributed by atoms with E-state index in [9.17, 15) is 14.4 Å². The number of benzene rings is 2. The molecular formula is C32H36N2O8S. The molecule has 0 amide bonds. The van der Waals surface area contributed by atoms with Crippen LogP contribution in [0.2, 0.25) is 0 Å². The number of methoxy groups -OCH3 is 1. The van der Waals surface area contributed by atoms with Gasteiger partial charge < -0.3 is 23.7 Å². The third kappa shape index (κ3) is 6.99. The fourth-order valence-electron chi connectivity index (χ4n) is 4.80.